The number of rotatable bonds is 5. The Balaban J connectivity index is 1.93. The largest absolute Gasteiger partial charge is 0.484 e. The van der Waals surface area contributed by atoms with Crippen molar-refractivity contribution in [3.05, 3.63) is 65.2 Å². The van der Waals surface area contributed by atoms with Gasteiger partial charge in [0.15, 0.2) is 5.76 Å². The Morgan fingerprint density at radius 1 is 1.16 bits per heavy atom. The summed E-state index contributed by atoms with van der Waals surface area (Å²) in [5, 5.41) is 0.474. The Hall–Kier alpha value is -3.12. The predicted octanol–water partition coefficient (Wildman–Crippen LogP) is 3.13. The highest BCUT2D eigenvalue weighted by Gasteiger charge is 2.19. The van der Waals surface area contributed by atoms with Crippen molar-refractivity contribution in [3.63, 3.8) is 0 Å². The molecule has 4 rings (SSSR count). The molecule has 4 aromatic rings. The molecule has 25 heavy (non-hydrogen) atoms. The lowest BCUT2D eigenvalue weighted by Gasteiger charge is -2.11. The first-order chi connectivity index (χ1) is 12.3. The number of nitrogens with zero attached hydrogens (tertiary/aromatic N) is 2. The second-order valence-corrected chi connectivity index (χ2v) is 5.54. The molecule has 0 radical (unpaired) electrons. The molecular weight excluding hydrogens is 320 g/mol. The standard InChI is InChI=1S/C19H16N2O4/c1-23-9-10-24-19-17(22)14-6-2-3-7-16(14)25-18(19)15-11-13-5-4-8-21(13)12-20-15/h2-8,11-12H,9-10H2,1H3. The zero-order valence-corrected chi connectivity index (χ0v) is 13.6. The topological polar surface area (TPSA) is 66.0 Å². The highest BCUT2D eigenvalue weighted by molar-refractivity contribution is 5.81. The number of methoxy groups -OCH3 is 1. The van der Waals surface area contributed by atoms with Gasteiger partial charge in [0.2, 0.25) is 11.2 Å². The van der Waals surface area contributed by atoms with Gasteiger partial charge in [-0.05, 0) is 30.3 Å². The fourth-order valence-corrected chi connectivity index (χ4v) is 2.71. The average Bonchev–Trinajstić information content (AvgIpc) is 3.11. The predicted molar refractivity (Wildman–Crippen MR) is 94.0 cm³/mol. The molecule has 0 N–H and O–H groups in total. The maximum absolute atomic E-state index is 12.9. The lowest BCUT2D eigenvalue weighted by molar-refractivity contribution is 0.145. The van der Waals surface area contributed by atoms with Crippen LogP contribution in [-0.4, -0.2) is 29.7 Å². The number of para-hydroxylation sites is 1. The van der Waals surface area contributed by atoms with Crippen molar-refractivity contribution in [2.24, 2.45) is 0 Å². The molecule has 6 heteroatoms. The van der Waals surface area contributed by atoms with Gasteiger partial charge in [-0.3, -0.25) is 4.79 Å². The van der Waals surface area contributed by atoms with E-state index in [1.165, 1.54) is 0 Å². The van der Waals surface area contributed by atoms with Crippen LogP contribution >= 0.6 is 0 Å². The van der Waals surface area contributed by atoms with Crippen LogP contribution in [0.5, 0.6) is 5.75 Å². The first-order valence-electron chi connectivity index (χ1n) is 7.88. The van der Waals surface area contributed by atoms with Crippen LogP contribution in [0.3, 0.4) is 0 Å². The summed E-state index contributed by atoms with van der Waals surface area (Å²) < 4.78 is 18.6. The molecule has 0 atom stereocenters. The van der Waals surface area contributed by atoms with Gasteiger partial charge >= 0.3 is 0 Å². The summed E-state index contributed by atoms with van der Waals surface area (Å²) in [6.07, 6.45) is 3.58. The minimum atomic E-state index is -0.218. The zero-order chi connectivity index (χ0) is 17.2. The number of ether oxygens (including phenoxy) is 2. The van der Waals surface area contributed by atoms with E-state index in [2.05, 4.69) is 4.98 Å². The highest BCUT2D eigenvalue weighted by atomic mass is 16.5. The van der Waals surface area contributed by atoms with Crippen LogP contribution in [0.4, 0.5) is 0 Å². The van der Waals surface area contributed by atoms with Gasteiger partial charge in [0.1, 0.15) is 17.9 Å². The lowest BCUT2D eigenvalue weighted by atomic mass is 10.1. The number of hydrogen-bond donors (Lipinski definition) is 0. The molecule has 0 fully saturated rings. The van der Waals surface area contributed by atoms with Crippen molar-refractivity contribution in [2.75, 3.05) is 20.3 Å². The van der Waals surface area contributed by atoms with Crippen LogP contribution in [0.15, 0.2) is 64.2 Å². The maximum atomic E-state index is 12.9. The molecule has 0 saturated carbocycles. The number of hydrogen-bond acceptors (Lipinski definition) is 5. The van der Waals surface area contributed by atoms with Crippen molar-refractivity contribution in [1.29, 1.82) is 0 Å². The summed E-state index contributed by atoms with van der Waals surface area (Å²) in [6.45, 7) is 0.622. The Kier molecular flexibility index (Phi) is 3.95. The third-order valence-corrected chi connectivity index (χ3v) is 3.94. The first-order valence-corrected chi connectivity index (χ1v) is 7.88. The normalized spacial score (nSPS) is 11.2. The van der Waals surface area contributed by atoms with E-state index in [1.54, 1.807) is 31.6 Å². The number of benzene rings is 1. The summed E-state index contributed by atoms with van der Waals surface area (Å²) >= 11 is 0. The molecule has 0 bridgehead atoms. The van der Waals surface area contributed by atoms with Crippen LogP contribution in [0.2, 0.25) is 0 Å². The molecule has 0 spiro atoms. The van der Waals surface area contributed by atoms with Gasteiger partial charge in [0.25, 0.3) is 0 Å². The van der Waals surface area contributed by atoms with Crippen molar-refractivity contribution in [1.82, 2.24) is 9.38 Å². The molecule has 6 nitrogen and oxygen atoms in total. The summed E-state index contributed by atoms with van der Waals surface area (Å²) in [4.78, 5) is 17.3. The van der Waals surface area contributed by atoms with Gasteiger partial charge in [-0.2, -0.15) is 0 Å². The first kappa shape index (κ1) is 15.4. The van der Waals surface area contributed by atoms with Crippen LogP contribution in [0.25, 0.3) is 27.9 Å². The second-order valence-electron chi connectivity index (χ2n) is 5.54. The zero-order valence-electron chi connectivity index (χ0n) is 13.6. The lowest BCUT2D eigenvalue weighted by Crippen LogP contribution is -2.14. The minimum absolute atomic E-state index is 0.152. The highest BCUT2D eigenvalue weighted by Crippen LogP contribution is 2.30. The van der Waals surface area contributed by atoms with Gasteiger partial charge < -0.3 is 18.3 Å². The van der Waals surface area contributed by atoms with E-state index in [4.69, 9.17) is 13.9 Å². The number of aromatic nitrogens is 2. The minimum Gasteiger partial charge on any atom is -0.484 e. The molecule has 3 heterocycles. The van der Waals surface area contributed by atoms with Gasteiger partial charge in [0, 0.05) is 18.8 Å². The maximum Gasteiger partial charge on any atom is 0.235 e. The van der Waals surface area contributed by atoms with E-state index in [9.17, 15) is 4.79 Å². The van der Waals surface area contributed by atoms with Crippen LogP contribution in [0, 0.1) is 0 Å². The molecular formula is C19H16N2O4. The van der Waals surface area contributed by atoms with Crippen molar-refractivity contribution in [3.8, 4) is 17.2 Å². The summed E-state index contributed by atoms with van der Waals surface area (Å²) in [5.41, 5.74) is 1.77. The van der Waals surface area contributed by atoms with Crippen molar-refractivity contribution >= 4 is 16.5 Å². The van der Waals surface area contributed by atoms with Gasteiger partial charge in [-0.25, -0.2) is 4.98 Å². The van der Waals surface area contributed by atoms with E-state index in [-0.39, 0.29) is 17.8 Å². The molecule has 126 valence electrons. The molecule has 0 aliphatic rings. The summed E-state index contributed by atoms with van der Waals surface area (Å²) in [6, 6.07) is 12.8. The molecule has 0 aliphatic carbocycles. The Labute approximate surface area is 143 Å². The molecule has 0 unspecified atom stereocenters. The third kappa shape index (κ3) is 2.77. The average molecular weight is 336 g/mol. The second kappa shape index (κ2) is 6.41. The Morgan fingerprint density at radius 2 is 2.04 bits per heavy atom. The molecule has 3 aromatic heterocycles. The SMILES string of the molecule is COCCOc1c(-c2cc3cccn3cn2)oc2ccccc2c1=O. The van der Waals surface area contributed by atoms with Gasteiger partial charge in [-0.15, -0.1) is 0 Å². The Bertz CT molecular complexity index is 1100. The van der Waals surface area contributed by atoms with E-state index in [0.29, 0.717) is 29.0 Å². The smallest absolute Gasteiger partial charge is 0.235 e. The quantitative estimate of drug-likeness (QED) is 0.524. The van der Waals surface area contributed by atoms with Gasteiger partial charge in [-0.1, -0.05) is 12.1 Å². The molecule has 0 saturated heterocycles. The molecule has 1 aromatic carbocycles. The number of fused-ring (bicyclic) bond motifs is 2. The van der Waals surface area contributed by atoms with E-state index in [1.807, 2.05) is 34.9 Å². The third-order valence-electron chi connectivity index (χ3n) is 3.94. The summed E-state index contributed by atoms with van der Waals surface area (Å²) in [5.74, 6) is 0.475. The van der Waals surface area contributed by atoms with Crippen LogP contribution in [0.1, 0.15) is 0 Å². The fourth-order valence-electron chi connectivity index (χ4n) is 2.71. The Morgan fingerprint density at radius 3 is 2.92 bits per heavy atom. The van der Waals surface area contributed by atoms with E-state index >= 15 is 0 Å². The fraction of sp³-hybridized carbons (Fsp3) is 0.158. The van der Waals surface area contributed by atoms with Crippen LogP contribution in [-0.2, 0) is 4.74 Å². The van der Waals surface area contributed by atoms with E-state index in [0.717, 1.165) is 5.52 Å². The molecule has 0 amide bonds. The van der Waals surface area contributed by atoms with Crippen molar-refractivity contribution in [2.45, 2.75) is 0 Å². The summed E-state index contributed by atoms with van der Waals surface area (Å²) in [7, 11) is 1.58. The monoisotopic (exact) mass is 336 g/mol. The molecule has 0 aliphatic heterocycles. The van der Waals surface area contributed by atoms with Crippen molar-refractivity contribution < 1.29 is 13.9 Å². The van der Waals surface area contributed by atoms with Gasteiger partial charge in [0.05, 0.1) is 18.3 Å². The van der Waals surface area contributed by atoms with E-state index < -0.39 is 0 Å². The van der Waals surface area contributed by atoms with Crippen LogP contribution < -0.4 is 10.2 Å².